The molecule has 4 heteroatoms. The monoisotopic (exact) mass is 283 g/mol. The average Bonchev–Trinajstić information content (AvgIpc) is 3.19. The SMILES string of the molecule is O=C1O[C@@H]2C[C@H]3C[C@@H]2[C@H]1[C@H]3C(=O)N1CCc2ccccc21. The van der Waals surface area contributed by atoms with Gasteiger partial charge in [0.15, 0.2) is 0 Å². The van der Waals surface area contributed by atoms with Crippen LogP contribution in [0.15, 0.2) is 24.3 Å². The van der Waals surface area contributed by atoms with E-state index in [0.717, 1.165) is 31.5 Å². The van der Waals surface area contributed by atoms with E-state index >= 15 is 0 Å². The molecule has 1 aromatic carbocycles. The van der Waals surface area contributed by atoms with E-state index < -0.39 is 0 Å². The predicted octanol–water partition coefficient (Wildman–Crippen LogP) is 1.77. The molecule has 2 saturated carbocycles. The first kappa shape index (κ1) is 11.8. The van der Waals surface area contributed by atoms with E-state index in [0.29, 0.717) is 11.8 Å². The van der Waals surface area contributed by atoms with Crippen molar-refractivity contribution in [2.45, 2.75) is 25.4 Å². The van der Waals surface area contributed by atoms with E-state index in [-0.39, 0.29) is 29.8 Å². The molecular weight excluding hydrogens is 266 g/mol. The van der Waals surface area contributed by atoms with Crippen LogP contribution in [0.5, 0.6) is 0 Å². The summed E-state index contributed by atoms with van der Waals surface area (Å²) in [6.07, 6.45) is 2.90. The van der Waals surface area contributed by atoms with E-state index in [4.69, 9.17) is 4.74 Å². The number of amides is 1. The van der Waals surface area contributed by atoms with Crippen LogP contribution >= 0.6 is 0 Å². The van der Waals surface area contributed by atoms with Crippen molar-refractivity contribution in [2.75, 3.05) is 11.4 Å². The van der Waals surface area contributed by atoms with Crippen LogP contribution in [0.25, 0.3) is 0 Å². The molecule has 2 aliphatic heterocycles. The zero-order chi connectivity index (χ0) is 14.1. The van der Waals surface area contributed by atoms with E-state index in [2.05, 4.69) is 6.07 Å². The number of anilines is 1. The number of para-hydroxylation sites is 1. The van der Waals surface area contributed by atoms with Gasteiger partial charge in [-0.3, -0.25) is 9.59 Å². The molecule has 0 radical (unpaired) electrons. The molecule has 0 spiro atoms. The molecule has 0 unspecified atom stereocenters. The van der Waals surface area contributed by atoms with Crippen LogP contribution in [0.3, 0.4) is 0 Å². The molecule has 5 atom stereocenters. The van der Waals surface area contributed by atoms with Crippen LogP contribution in [0.4, 0.5) is 5.69 Å². The lowest BCUT2D eigenvalue weighted by atomic mass is 9.79. The number of rotatable bonds is 1. The highest BCUT2D eigenvalue weighted by Crippen LogP contribution is 2.58. The molecule has 1 aromatic rings. The van der Waals surface area contributed by atoms with Gasteiger partial charge in [0.2, 0.25) is 5.91 Å². The molecule has 1 saturated heterocycles. The van der Waals surface area contributed by atoms with Crippen molar-refractivity contribution in [3.05, 3.63) is 29.8 Å². The van der Waals surface area contributed by atoms with Crippen molar-refractivity contribution >= 4 is 17.6 Å². The lowest BCUT2D eigenvalue weighted by Gasteiger charge is -2.28. The van der Waals surface area contributed by atoms with Crippen LogP contribution in [-0.4, -0.2) is 24.5 Å². The van der Waals surface area contributed by atoms with Gasteiger partial charge in [-0.25, -0.2) is 0 Å². The summed E-state index contributed by atoms with van der Waals surface area (Å²) in [7, 11) is 0. The molecule has 2 heterocycles. The lowest BCUT2D eigenvalue weighted by Crippen LogP contribution is -2.42. The smallest absolute Gasteiger partial charge is 0.310 e. The fourth-order valence-corrected chi connectivity index (χ4v) is 5.09. The van der Waals surface area contributed by atoms with Crippen molar-refractivity contribution in [1.82, 2.24) is 0 Å². The summed E-state index contributed by atoms with van der Waals surface area (Å²) >= 11 is 0. The Morgan fingerprint density at radius 1 is 1.24 bits per heavy atom. The van der Waals surface area contributed by atoms with Gasteiger partial charge in [-0.2, -0.15) is 0 Å². The second-order valence-electron chi connectivity index (χ2n) is 6.79. The van der Waals surface area contributed by atoms with Gasteiger partial charge in [-0.05, 0) is 36.8 Å². The van der Waals surface area contributed by atoms with E-state index in [9.17, 15) is 9.59 Å². The molecule has 3 fully saturated rings. The molecule has 1 amide bonds. The van der Waals surface area contributed by atoms with Gasteiger partial charge < -0.3 is 9.64 Å². The van der Waals surface area contributed by atoms with Gasteiger partial charge in [-0.1, -0.05) is 18.2 Å². The Hall–Kier alpha value is -1.84. The molecule has 0 aromatic heterocycles. The summed E-state index contributed by atoms with van der Waals surface area (Å²) in [5, 5.41) is 0. The van der Waals surface area contributed by atoms with Gasteiger partial charge in [0.1, 0.15) is 6.10 Å². The number of esters is 1. The molecule has 5 rings (SSSR count). The Bertz CT molecular complexity index is 653. The highest BCUT2D eigenvalue weighted by molar-refractivity contribution is 6.00. The average molecular weight is 283 g/mol. The second kappa shape index (κ2) is 3.87. The number of ether oxygens (including phenoxy) is 1. The third kappa shape index (κ3) is 1.40. The molecule has 4 aliphatic rings. The fourth-order valence-electron chi connectivity index (χ4n) is 5.09. The third-order valence-electron chi connectivity index (χ3n) is 5.92. The normalized spacial score (nSPS) is 38.8. The maximum absolute atomic E-state index is 13.1. The van der Waals surface area contributed by atoms with Crippen LogP contribution in [0.1, 0.15) is 18.4 Å². The third-order valence-corrected chi connectivity index (χ3v) is 5.92. The largest absolute Gasteiger partial charge is 0.462 e. The first-order valence-electron chi connectivity index (χ1n) is 7.84. The second-order valence-corrected chi connectivity index (χ2v) is 6.79. The van der Waals surface area contributed by atoms with Crippen molar-refractivity contribution in [3.8, 4) is 0 Å². The highest BCUT2D eigenvalue weighted by atomic mass is 16.6. The molecular formula is C17H17NO3. The number of carbonyl (C=O) groups excluding carboxylic acids is 2. The Morgan fingerprint density at radius 3 is 3.00 bits per heavy atom. The summed E-state index contributed by atoms with van der Waals surface area (Å²) in [5.74, 6) is 0.345. The number of hydrogen-bond acceptors (Lipinski definition) is 3. The van der Waals surface area contributed by atoms with Crippen LogP contribution in [-0.2, 0) is 20.7 Å². The van der Waals surface area contributed by atoms with E-state index in [1.165, 1.54) is 5.56 Å². The minimum Gasteiger partial charge on any atom is -0.462 e. The summed E-state index contributed by atoms with van der Waals surface area (Å²) < 4.78 is 5.44. The van der Waals surface area contributed by atoms with Gasteiger partial charge in [0, 0.05) is 18.2 Å². The van der Waals surface area contributed by atoms with Crippen LogP contribution < -0.4 is 4.90 Å². The zero-order valence-corrected chi connectivity index (χ0v) is 11.7. The lowest BCUT2D eigenvalue weighted by molar-refractivity contribution is -0.145. The van der Waals surface area contributed by atoms with Crippen molar-refractivity contribution < 1.29 is 14.3 Å². The Labute approximate surface area is 123 Å². The van der Waals surface area contributed by atoms with E-state index in [1.54, 1.807) is 0 Å². The Kier molecular flexibility index (Phi) is 2.17. The summed E-state index contributed by atoms with van der Waals surface area (Å²) in [6, 6.07) is 8.10. The van der Waals surface area contributed by atoms with Crippen molar-refractivity contribution in [2.24, 2.45) is 23.7 Å². The summed E-state index contributed by atoms with van der Waals surface area (Å²) in [5.41, 5.74) is 2.27. The number of fused-ring (bicyclic) bond motifs is 2. The van der Waals surface area contributed by atoms with Crippen LogP contribution in [0.2, 0.25) is 0 Å². The van der Waals surface area contributed by atoms with Gasteiger partial charge >= 0.3 is 5.97 Å². The van der Waals surface area contributed by atoms with Crippen LogP contribution in [0, 0.1) is 23.7 Å². The maximum atomic E-state index is 13.1. The van der Waals surface area contributed by atoms with Gasteiger partial charge in [-0.15, -0.1) is 0 Å². The molecule has 2 aliphatic carbocycles. The minimum atomic E-state index is -0.172. The standard InChI is InChI=1S/C17H17NO3/c19-16(18-6-5-9-3-1-2-4-12(9)18)14-10-7-11-13(8-10)21-17(20)15(11)14/h1-4,10-11,13-15H,5-8H2/t10-,11+,13-,14+,15+/m1/s1. The number of benzene rings is 1. The quantitative estimate of drug-likeness (QED) is 0.738. The first-order valence-corrected chi connectivity index (χ1v) is 7.84. The zero-order valence-electron chi connectivity index (χ0n) is 11.7. The molecule has 21 heavy (non-hydrogen) atoms. The van der Waals surface area contributed by atoms with Crippen molar-refractivity contribution in [3.63, 3.8) is 0 Å². The van der Waals surface area contributed by atoms with Crippen molar-refractivity contribution in [1.29, 1.82) is 0 Å². The van der Waals surface area contributed by atoms with E-state index in [1.807, 2.05) is 23.1 Å². The summed E-state index contributed by atoms with van der Waals surface area (Å²) in [4.78, 5) is 27.0. The molecule has 4 nitrogen and oxygen atoms in total. The first-order chi connectivity index (χ1) is 10.2. The molecule has 0 N–H and O–H groups in total. The highest BCUT2D eigenvalue weighted by Gasteiger charge is 2.64. The minimum absolute atomic E-state index is 0.0995. The fraction of sp³-hybridized carbons (Fsp3) is 0.529. The predicted molar refractivity (Wildman–Crippen MR) is 75.6 cm³/mol. The number of hydrogen-bond donors (Lipinski definition) is 0. The molecule has 2 bridgehead atoms. The number of carbonyl (C=O) groups is 2. The number of nitrogens with zero attached hydrogens (tertiary/aromatic N) is 1. The topological polar surface area (TPSA) is 46.6 Å². The van der Waals surface area contributed by atoms with Gasteiger partial charge in [0.25, 0.3) is 0 Å². The van der Waals surface area contributed by atoms with Gasteiger partial charge in [0.05, 0.1) is 11.8 Å². The Morgan fingerprint density at radius 2 is 2.10 bits per heavy atom. The summed E-state index contributed by atoms with van der Waals surface area (Å²) in [6.45, 7) is 0.747. The molecule has 108 valence electrons. The maximum Gasteiger partial charge on any atom is 0.310 e. The Balaban J connectivity index is 1.49.